The van der Waals surface area contributed by atoms with Crippen LogP contribution >= 0.6 is 0 Å². The van der Waals surface area contributed by atoms with Crippen molar-refractivity contribution in [1.82, 2.24) is 9.80 Å². The predicted octanol–water partition coefficient (Wildman–Crippen LogP) is 3.99. The maximum absolute atomic E-state index is 12.8. The molecular weight excluding hydrogens is 374 g/mol. The Labute approximate surface area is 180 Å². The zero-order chi connectivity index (χ0) is 21.3. The summed E-state index contributed by atoms with van der Waals surface area (Å²) in [5.41, 5.74) is 4.06. The molecular formula is C25H33N3O2. The van der Waals surface area contributed by atoms with Crippen LogP contribution in [0.3, 0.4) is 0 Å². The summed E-state index contributed by atoms with van der Waals surface area (Å²) in [5, 5.41) is 3.03. The Kier molecular flexibility index (Phi) is 8.03. The Morgan fingerprint density at radius 2 is 1.63 bits per heavy atom. The van der Waals surface area contributed by atoms with Crippen molar-refractivity contribution in [3.63, 3.8) is 0 Å². The summed E-state index contributed by atoms with van der Waals surface area (Å²) in [6.45, 7) is 7.34. The fraction of sp³-hybridized carbons (Fsp3) is 0.440. The van der Waals surface area contributed by atoms with Crippen LogP contribution in [0.1, 0.15) is 48.2 Å². The first-order chi connectivity index (χ1) is 14.6. The van der Waals surface area contributed by atoms with Crippen LogP contribution in [0, 0.1) is 0 Å². The number of nitrogens with one attached hydrogen (secondary N) is 1. The molecule has 1 aliphatic rings. The van der Waals surface area contributed by atoms with E-state index >= 15 is 0 Å². The van der Waals surface area contributed by atoms with Gasteiger partial charge in [-0.15, -0.1) is 0 Å². The lowest BCUT2D eigenvalue weighted by atomic mass is 10.1. The van der Waals surface area contributed by atoms with E-state index in [2.05, 4.69) is 36.2 Å². The first kappa shape index (κ1) is 22.0. The van der Waals surface area contributed by atoms with Gasteiger partial charge in [0.15, 0.2) is 0 Å². The largest absolute Gasteiger partial charge is 0.336 e. The number of unbranched alkanes of at least 4 members (excludes halogenated alkanes) is 1. The van der Waals surface area contributed by atoms with Gasteiger partial charge in [-0.1, -0.05) is 50.6 Å². The van der Waals surface area contributed by atoms with Gasteiger partial charge in [0.25, 0.3) is 5.91 Å². The highest BCUT2D eigenvalue weighted by Crippen LogP contribution is 2.16. The second-order valence-electron chi connectivity index (χ2n) is 7.93. The highest BCUT2D eigenvalue weighted by molar-refractivity contribution is 5.94. The van der Waals surface area contributed by atoms with Crippen molar-refractivity contribution >= 4 is 17.5 Å². The molecule has 0 radical (unpaired) electrons. The number of rotatable bonds is 8. The van der Waals surface area contributed by atoms with Gasteiger partial charge in [-0.2, -0.15) is 0 Å². The Bertz CT molecular complexity index is 840. The molecule has 1 N–H and O–H groups in total. The lowest BCUT2D eigenvalue weighted by Gasteiger charge is -2.34. The molecule has 5 heteroatoms. The molecule has 0 bridgehead atoms. The van der Waals surface area contributed by atoms with Crippen molar-refractivity contribution < 1.29 is 9.59 Å². The topological polar surface area (TPSA) is 52.7 Å². The maximum Gasteiger partial charge on any atom is 0.253 e. The summed E-state index contributed by atoms with van der Waals surface area (Å²) >= 11 is 0. The smallest absolute Gasteiger partial charge is 0.253 e. The highest BCUT2D eigenvalue weighted by Gasteiger charge is 2.23. The van der Waals surface area contributed by atoms with Crippen LogP contribution in [-0.2, 0) is 17.6 Å². The molecule has 0 unspecified atom stereocenters. The van der Waals surface area contributed by atoms with Gasteiger partial charge in [-0.05, 0) is 48.6 Å². The number of anilines is 1. The van der Waals surface area contributed by atoms with Crippen molar-refractivity contribution in [1.29, 1.82) is 0 Å². The molecule has 0 aromatic heterocycles. The molecule has 0 aliphatic carbocycles. The Morgan fingerprint density at radius 1 is 0.933 bits per heavy atom. The number of nitrogens with zero attached hydrogens (tertiary/aromatic N) is 2. The SMILES string of the molecule is CCCCc1ccc(C(=O)N2CCN(CC(=O)Nc3ccccc3CC)CC2)cc1. The summed E-state index contributed by atoms with van der Waals surface area (Å²) in [5.74, 6) is 0.0800. The van der Waals surface area contributed by atoms with E-state index in [1.54, 1.807) is 0 Å². The number of amides is 2. The number of carbonyl (C=O) groups is 2. The standard InChI is InChI=1S/C25H33N3O2/c1-3-5-8-20-11-13-22(14-12-20)25(30)28-17-15-27(16-18-28)19-24(29)26-23-10-7-6-9-21(23)4-2/h6-7,9-14H,3-5,8,15-19H2,1-2H3,(H,26,29). The van der Waals surface area contributed by atoms with E-state index < -0.39 is 0 Å². The van der Waals surface area contributed by atoms with E-state index in [1.165, 1.54) is 18.4 Å². The summed E-state index contributed by atoms with van der Waals surface area (Å²) < 4.78 is 0. The van der Waals surface area contributed by atoms with Gasteiger partial charge in [0.05, 0.1) is 6.54 Å². The molecule has 2 aromatic rings. The first-order valence-corrected chi connectivity index (χ1v) is 11.1. The molecule has 2 aromatic carbocycles. The van der Waals surface area contributed by atoms with Crippen LogP contribution < -0.4 is 5.32 Å². The predicted molar refractivity (Wildman–Crippen MR) is 122 cm³/mol. The fourth-order valence-electron chi connectivity index (χ4n) is 3.83. The van der Waals surface area contributed by atoms with Crippen molar-refractivity contribution in [2.45, 2.75) is 39.5 Å². The minimum Gasteiger partial charge on any atom is -0.336 e. The summed E-state index contributed by atoms with van der Waals surface area (Å²) in [6, 6.07) is 15.9. The van der Waals surface area contributed by atoms with Gasteiger partial charge in [-0.25, -0.2) is 0 Å². The van der Waals surface area contributed by atoms with Crippen molar-refractivity contribution in [2.24, 2.45) is 0 Å². The quantitative estimate of drug-likeness (QED) is 0.720. The molecule has 1 heterocycles. The van der Waals surface area contributed by atoms with Gasteiger partial charge in [0.2, 0.25) is 5.91 Å². The fourth-order valence-corrected chi connectivity index (χ4v) is 3.83. The number of benzene rings is 2. The Morgan fingerprint density at radius 3 is 2.30 bits per heavy atom. The third-order valence-electron chi connectivity index (χ3n) is 5.72. The molecule has 2 amide bonds. The summed E-state index contributed by atoms with van der Waals surface area (Å²) in [7, 11) is 0. The molecule has 1 fully saturated rings. The number of para-hydroxylation sites is 1. The van der Waals surface area contributed by atoms with E-state index in [9.17, 15) is 9.59 Å². The Hall–Kier alpha value is -2.66. The van der Waals surface area contributed by atoms with E-state index in [4.69, 9.17) is 0 Å². The van der Waals surface area contributed by atoms with E-state index in [1.807, 2.05) is 41.3 Å². The van der Waals surface area contributed by atoms with E-state index in [-0.39, 0.29) is 11.8 Å². The zero-order valence-corrected chi connectivity index (χ0v) is 18.2. The van der Waals surface area contributed by atoms with Crippen molar-refractivity contribution in [2.75, 3.05) is 38.0 Å². The third kappa shape index (κ3) is 5.92. The number of carbonyl (C=O) groups excluding carboxylic acids is 2. The van der Waals surface area contributed by atoms with Crippen LogP contribution in [0.5, 0.6) is 0 Å². The van der Waals surface area contributed by atoms with Gasteiger partial charge in [-0.3, -0.25) is 14.5 Å². The lowest BCUT2D eigenvalue weighted by molar-refractivity contribution is -0.117. The number of aryl methyl sites for hydroxylation is 2. The molecule has 0 spiro atoms. The molecule has 1 aliphatic heterocycles. The molecule has 0 atom stereocenters. The molecule has 1 saturated heterocycles. The molecule has 3 rings (SSSR count). The third-order valence-corrected chi connectivity index (χ3v) is 5.72. The average molecular weight is 408 g/mol. The molecule has 5 nitrogen and oxygen atoms in total. The average Bonchev–Trinajstić information content (AvgIpc) is 2.78. The molecule has 30 heavy (non-hydrogen) atoms. The maximum atomic E-state index is 12.8. The first-order valence-electron chi connectivity index (χ1n) is 11.1. The summed E-state index contributed by atoms with van der Waals surface area (Å²) in [6.07, 6.45) is 4.30. The Balaban J connectivity index is 1.47. The van der Waals surface area contributed by atoms with Crippen LogP contribution in [0.15, 0.2) is 48.5 Å². The number of hydrogen-bond acceptors (Lipinski definition) is 3. The normalized spacial score (nSPS) is 14.5. The minimum atomic E-state index is -0.00153. The van der Waals surface area contributed by atoms with Crippen LogP contribution in [-0.4, -0.2) is 54.3 Å². The lowest BCUT2D eigenvalue weighted by Crippen LogP contribution is -2.50. The molecule has 0 saturated carbocycles. The van der Waals surface area contributed by atoms with Gasteiger partial charge >= 0.3 is 0 Å². The van der Waals surface area contributed by atoms with E-state index in [0.29, 0.717) is 32.7 Å². The number of hydrogen-bond donors (Lipinski definition) is 1. The van der Waals surface area contributed by atoms with Crippen LogP contribution in [0.4, 0.5) is 5.69 Å². The molecule has 160 valence electrons. The highest BCUT2D eigenvalue weighted by atomic mass is 16.2. The van der Waals surface area contributed by atoms with Crippen LogP contribution in [0.2, 0.25) is 0 Å². The van der Waals surface area contributed by atoms with Crippen molar-refractivity contribution in [3.05, 3.63) is 65.2 Å². The van der Waals surface area contributed by atoms with Gasteiger partial charge in [0.1, 0.15) is 0 Å². The monoisotopic (exact) mass is 407 g/mol. The minimum absolute atomic E-state index is 0.00153. The van der Waals surface area contributed by atoms with Crippen molar-refractivity contribution in [3.8, 4) is 0 Å². The second kappa shape index (κ2) is 10.9. The van der Waals surface area contributed by atoms with Gasteiger partial charge < -0.3 is 10.2 Å². The zero-order valence-electron chi connectivity index (χ0n) is 18.2. The number of piperazine rings is 1. The van der Waals surface area contributed by atoms with Crippen LogP contribution in [0.25, 0.3) is 0 Å². The second-order valence-corrected chi connectivity index (χ2v) is 7.93. The van der Waals surface area contributed by atoms with Gasteiger partial charge in [0, 0.05) is 37.4 Å². The summed E-state index contributed by atoms with van der Waals surface area (Å²) in [4.78, 5) is 29.3. The van der Waals surface area contributed by atoms with E-state index in [0.717, 1.165) is 29.7 Å².